The zero-order chi connectivity index (χ0) is 15.0. The molecule has 0 saturated carbocycles. The second kappa shape index (κ2) is 8.43. The van der Waals surface area contributed by atoms with Gasteiger partial charge in [-0.3, -0.25) is 0 Å². The molecule has 2 nitrogen and oxygen atoms in total. The fourth-order valence-electron chi connectivity index (χ4n) is 2.56. The third-order valence-corrected chi connectivity index (χ3v) is 4.01. The fraction of sp³-hybridized carbons (Fsp3) is 0.667. The number of nitrogens with zero attached hydrogens (tertiary/aromatic N) is 1. The summed E-state index contributed by atoms with van der Waals surface area (Å²) in [6.07, 6.45) is 3.58. The molecule has 0 heterocycles. The van der Waals surface area contributed by atoms with Crippen LogP contribution in [0.25, 0.3) is 0 Å². The highest BCUT2D eigenvalue weighted by molar-refractivity contribution is 5.14. The highest BCUT2D eigenvalue weighted by atomic mass is 15.2. The van der Waals surface area contributed by atoms with Crippen LogP contribution in [-0.2, 0) is 6.42 Å². The number of benzene rings is 1. The third kappa shape index (κ3) is 6.06. The van der Waals surface area contributed by atoms with Gasteiger partial charge in [0.15, 0.2) is 0 Å². The van der Waals surface area contributed by atoms with Crippen molar-refractivity contribution < 1.29 is 0 Å². The number of hydrogen-bond acceptors (Lipinski definition) is 2. The zero-order valence-corrected chi connectivity index (χ0v) is 13.7. The Labute approximate surface area is 125 Å². The van der Waals surface area contributed by atoms with E-state index in [2.05, 4.69) is 62.9 Å². The first-order valence-corrected chi connectivity index (χ1v) is 7.96. The molecule has 0 spiro atoms. The van der Waals surface area contributed by atoms with Gasteiger partial charge in [0.05, 0.1) is 0 Å². The maximum Gasteiger partial charge on any atom is 0.00703 e. The highest BCUT2D eigenvalue weighted by Gasteiger charge is 2.22. The molecular weight excluding hydrogens is 244 g/mol. The van der Waals surface area contributed by atoms with Crippen LogP contribution in [0.5, 0.6) is 0 Å². The van der Waals surface area contributed by atoms with Gasteiger partial charge in [-0.25, -0.2) is 0 Å². The Balaban J connectivity index is 2.53. The van der Waals surface area contributed by atoms with Crippen molar-refractivity contribution in [3.8, 4) is 0 Å². The molecule has 114 valence electrons. The number of hydrogen-bond donors (Lipinski definition) is 1. The van der Waals surface area contributed by atoms with Gasteiger partial charge in [0.2, 0.25) is 0 Å². The zero-order valence-electron chi connectivity index (χ0n) is 13.7. The van der Waals surface area contributed by atoms with Crippen LogP contribution >= 0.6 is 0 Å². The fourth-order valence-corrected chi connectivity index (χ4v) is 2.56. The second-order valence-corrected chi connectivity index (χ2v) is 6.71. The molecular formula is C18H32N2. The number of rotatable bonds is 9. The van der Waals surface area contributed by atoms with E-state index in [9.17, 15) is 0 Å². The van der Waals surface area contributed by atoms with E-state index < -0.39 is 0 Å². The molecule has 0 aromatic heterocycles. The summed E-state index contributed by atoms with van der Waals surface area (Å²) in [6.45, 7) is 12.1. The van der Waals surface area contributed by atoms with E-state index in [4.69, 9.17) is 5.73 Å². The maximum atomic E-state index is 5.89. The van der Waals surface area contributed by atoms with Crippen molar-refractivity contribution in [2.24, 2.45) is 11.1 Å². The van der Waals surface area contributed by atoms with E-state index in [1.807, 2.05) is 0 Å². The normalized spacial score (nSPS) is 13.7. The van der Waals surface area contributed by atoms with Crippen LogP contribution in [0.15, 0.2) is 30.3 Å². The van der Waals surface area contributed by atoms with E-state index in [0.717, 1.165) is 19.5 Å². The van der Waals surface area contributed by atoms with E-state index >= 15 is 0 Å². The van der Waals surface area contributed by atoms with Crippen molar-refractivity contribution in [1.82, 2.24) is 4.90 Å². The minimum atomic E-state index is 0.205. The first kappa shape index (κ1) is 17.2. The largest absolute Gasteiger partial charge is 0.330 e. The van der Waals surface area contributed by atoms with Crippen molar-refractivity contribution >= 4 is 0 Å². The Kier molecular flexibility index (Phi) is 7.25. The standard InChI is InChI=1S/C18H32N2/c1-5-13-20(15-18(3,4)14-19)16(2)11-12-17-9-7-6-8-10-17/h6-10,16H,5,11-15,19H2,1-4H3. The van der Waals surface area contributed by atoms with Crippen LogP contribution in [-0.4, -0.2) is 30.6 Å². The molecule has 1 aromatic carbocycles. The molecule has 1 aromatic rings. The van der Waals surface area contributed by atoms with Gasteiger partial charge in [-0.05, 0) is 50.3 Å². The van der Waals surface area contributed by atoms with E-state index in [1.165, 1.54) is 24.9 Å². The average Bonchev–Trinajstić information content (AvgIpc) is 2.45. The summed E-state index contributed by atoms with van der Waals surface area (Å²) in [5.41, 5.74) is 7.53. The molecule has 0 aliphatic heterocycles. The second-order valence-electron chi connectivity index (χ2n) is 6.71. The van der Waals surface area contributed by atoms with Crippen LogP contribution in [0.2, 0.25) is 0 Å². The Morgan fingerprint density at radius 2 is 1.85 bits per heavy atom. The molecule has 0 aliphatic rings. The smallest absolute Gasteiger partial charge is 0.00703 e. The summed E-state index contributed by atoms with van der Waals surface area (Å²) < 4.78 is 0. The van der Waals surface area contributed by atoms with Crippen LogP contribution < -0.4 is 5.73 Å². The first-order chi connectivity index (χ1) is 9.48. The maximum absolute atomic E-state index is 5.89. The minimum Gasteiger partial charge on any atom is -0.330 e. The molecule has 2 N–H and O–H groups in total. The predicted octanol–water partition coefficient (Wildman–Crippen LogP) is 3.70. The summed E-state index contributed by atoms with van der Waals surface area (Å²) in [7, 11) is 0. The lowest BCUT2D eigenvalue weighted by Crippen LogP contribution is -2.43. The van der Waals surface area contributed by atoms with Crippen LogP contribution in [0.1, 0.15) is 46.1 Å². The summed E-state index contributed by atoms with van der Waals surface area (Å²) in [6, 6.07) is 11.4. The first-order valence-electron chi connectivity index (χ1n) is 7.96. The molecule has 0 bridgehead atoms. The molecule has 1 unspecified atom stereocenters. The molecule has 0 amide bonds. The van der Waals surface area contributed by atoms with Gasteiger partial charge >= 0.3 is 0 Å². The molecule has 2 heteroatoms. The van der Waals surface area contributed by atoms with Gasteiger partial charge in [0, 0.05) is 12.6 Å². The summed E-state index contributed by atoms with van der Waals surface area (Å²) in [5.74, 6) is 0. The van der Waals surface area contributed by atoms with Gasteiger partial charge in [-0.15, -0.1) is 0 Å². The molecule has 1 atom stereocenters. The lowest BCUT2D eigenvalue weighted by atomic mass is 9.92. The Morgan fingerprint density at radius 1 is 1.20 bits per heavy atom. The Morgan fingerprint density at radius 3 is 2.40 bits per heavy atom. The number of nitrogens with two attached hydrogens (primary N) is 1. The van der Waals surface area contributed by atoms with Gasteiger partial charge in [-0.1, -0.05) is 51.1 Å². The van der Waals surface area contributed by atoms with Crippen LogP contribution in [0.4, 0.5) is 0 Å². The van der Waals surface area contributed by atoms with Gasteiger partial charge in [0.25, 0.3) is 0 Å². The van der Waals surface area contributed by atoms with E-state index in [0.29, 0.717) is 6.04 Å². The van der Waals surface area contributed by atoms with Gasteiger partial charge < -0.3 is 10.6 Å². The van der Waals surface area contributed by atoms with Gasteiger partial charge in [0.1, 0.15) is 0 Å². The van der Waals surface area contributed by atoms with Crippen molar-refractivity contribution in [3.63, 3.8) is 0 Å². The predicted molar refractivity (Wildman–Crippen MR) is 88.9 cm³/mol. The summed E-state index contributed by atoms with van der Waals surface area (Å²) in [4.78, 5) is 2.61. The van der Waals surface area contributed by atoms with Crippen molar-refractivity contribution in [2.75, 3.05) is 19.6 Å². The Hall–Kier alpha value is -0.860. The lowest BCUT2D eigenvalue weighted by Gasteiger charge is -2.36. The Bertz CT molecular complexity index is 359. The topological polar surface area (TPSA) is 29.3 Å². The average molecular weight is 276 g/mol. The SMILES string of the molecule is CCCN(CC(C)(C)CN)C(C)CCc1ccccc1. The lowest BCUT2D eigenvalue weighted by molar-refractivity contribution is 0.135. The van der Waals surface area contributed by atoms with Crippen molar-refractivity contribution in [1.29, 1.82) is 0 Å². The summed E-state index contributed by atoms with van der Waals surface area (Å²) >= 11 is 0. The highest BCUT2D eigenvalue weighted by Crippen LogP contribution is 2.19. The molecule has 0 radical (unpaired) electrons. The quantitative estimate of drug-likeness (QED) is 0.745. The van der Waals surface area contributed by atoms with Crippen LogP contribution in [0.3, 0.4) is 0 Å². The summed E-state index contributed by atoms with van der Waals surface area (Å²) in [5, 5.41) is 0. The van der Waals surface area contributed by atoms with E-state index in [1.54, 1.807) is 0 Å². The molecule has 0 aliphatic carbocycles. The van der Waals surface area contributed by atoms with Crippen molar-refractivity contribution in [3.05, 3.63) is 35.9 Å². The minimum absolute atomic E-state index is 0.205. The molecule has 20 heavy (non-hydrogen) atoms. The van der Waals surface area contributed by atoms with Crippen LogP contribution in [0, 0.1) is 5.41 Å². The number of aryl methyl sites for hydroxylation is 1. The molecule has 1 rings (SSSR count). The van der Waals surface area contributed by atoms with E-state index in [-0.39, 0.29) is 5.41 Å². The molecule has 0 fully saturated rings. The monoisotopic (exact) mass is 276 g/mol. The van der Waals surface area contributed by atoms with Gasteiger partial charge in [-0.2, -0.15) is 0 Å². The molecule has 0 saturated heterocycles. The third-order valence-electron chi connectivity index (χ3n) is 4.01. The van der Waals surface area contributed by atoms with Crippen molar-refractivity contribution in [2.45, 2.75) is 53.0 Å².